The largest absolute Gasteiger partial charge is 0.464 e. The number of rotatable bonds is 10. The van der Waals surface area contributed by atoms with Crippen molar-refractivity contribution >= 4 is 34.2 Å². The number of nitrogens with zero attached hydrogens (tertiary/aromatic N) is 6. The molecule has 4 aromatic rings. The van der Waals surface area contributed by atoms with E-state index in [9.17, 15) is 14.4 Å². The fraction of sp³-hybridized carbons (Fsp3) is 0.455. The lowest BCUT2D eigenvalue weighted by Gasteiger charge is -2.27. The van der Waals surface area contributed by atoms with E-state index in [1.54, 1.807) is 47.6 Å². The third-order valence-corrected chi connectivity index (χ3v) is 8.57. The quantitative estimate of drug-likeness (QED) is 0.255. The van der Waals surface area contributed by atoms with Crippen LogP contribution in [0.4, 0.5) is 11.4 Å². The topological polar surface area (TPSA) is 96.8 Å². The van der Waals surface area contributed by atoms with Crippen LogP contribution in [0.1, 0.15) is 49.7 Å². The average Bonchev–Trinajstić information content (AvgIpc) is 3.59. The highest BCUT2D eigenvalue weighted by Crippen LogP contribution is 2.39. The Labute approximate surface area is 252 Å². The number of furan rings is 1. The molecule has 0 spiro atoms. The van der Waals surface area contributed by atoms with Gasteiger partial charge < -0.3 is 18.8 Å². The minimum atomic E-state index is -1.13. The van der Waals surface area contributed by atoms with Gasteiger partial charge in [-0.1, -0.05) is 6.07 Å². The van der Waals surface area contributed by atoms with E-state index in [-0.39, 0.29) is 17.4 Å². The van der Waals surface area contributed by atoms with Gasteiger partial charge in [0.1, 0.15) is 11.0 Å². The van der Waals surface area contributed by atoms with Crippen LogP contribution in [0.3, 0.4) is 0 Å². The summed E-state index contributed by atoms with van der Waals surface area (Å²) in [5, 5.41) is 5.12. The van der Waals surface area contributed by atoms with Gasteiger partial charge in [-0.3, -0.25) is 24.0 Å². The van der Waals surface area contributed by atoms with Crippen molar-refractivity contribution in [3.05, 3.63) is 75.7 Å². The van der Waals surface area contributed by atoms with Crippen LogP contribution < -0.4 is 15.4 Å². The molecule has 0 unspecified atom stereocenters. The van der Waals surface area contributed by atoms with Crippen LogP contribution in [0.25, 0.3) is 11.0 Å². The first-order chi connectivity index (χ1) is 20.4. The summed E-state index contributed by atoms with van der Waals surface area (Å²) >= 11 is 0. The molecule has 0 aliphatic carbocycles. The van der Waals surface area contributed by atoms with Gasteiger partial charge in [0.25, 0.3) is 5.56 Å². The van der Waals surface area contributed by atoms with Crippen molar-refractivity contribution in [1.29, 1.82) is 0 Å². The van der Waals surface area contributed by atoms with Crippen LogP contribution in [0, 0.1) is 19.3 Å². The third kappa shape index (κ3) is 5.76. The molecule has 0 atom stereocenters. The Morgan fingerprint density at radius 3 is 2.44 bits per heavy atom. The highest BCUT2D eigenvalue weighted by atomic mass is 16.3. The van der Waals surface area contributed by atoms with E-state index in [2.05, 4.69) is 22.1 Å². The Morgan fingerprint density at radius 1 is 0.977 bits per heavy atom. The number of hydrogen-bond acceptors (Lipinski definition) is 6. The van der Waals surface area contributed by atoms with Gasteiger partial charge in [0, 0.05) is 52.0 Å². The summed E-state index contributed by atoms with van der Waals surface area (Å²) in [6.07, 6.45) is 5.12. The molecule has 0 saturated carbocycles. The highest BCUT2D eigenvalue weighted by Gasteiger charge is 2.45. The molecule has 0 fully saturated rings. The molecule has 1 aliphatic heterocycles. The number of hydrogen-bond donors (Lipinski definition) is 0. The minimum Gasteiger partial charge on any atom is -0.464 e. The average molecular weight is 587 g/mol. The molecule has 0 bridgehead atoms. The fourth-order valence-electron chi connectivity index (χ4n) is 6.12. The molecule has 5 rings (SSSR count). The SMILES string of the molecule is CCN1C(=O)C(C)(C)C(=O)N(C)c2cc(CCCN(CCn3cc(C)c4occc4c3=O)Cc3cc(C)nn3C)ccc21. The Bertz CT molecular complexity index is 1730. The third-order valence-electron chi connectivity index (χ3n) is 8.57. The zero-order valence-corrected chi connectivity index (χ0v) is 26.3. The van der Waals surface area contributed by atoms with Crippen molar-refractivity contribution in [1.82, 2.24) is 19.2 Å². The van der Waals surface area contributed by atoms with E-state index in [1.165, 1.54) is 0 Å². The summed E-state index contributed by atoms with van der Waals surface area (Å²) in [6, 6.07) is 9.90. The molecule has 0 saturated heterocycles. The van der Waals surface area contributed by atoms with E-state index >= 15 is 0 Å². The molecule has 3 aromatic heterocycles. The van der Waals surface area contributed by atoms with Crippen LogP contribution in [-0.4, -0.2) is 57.7 Å². The van der Waals surface area contributed by atoms with E-state index < -0.39 is 5.41 Å². The smallest absolute Gasteiger partial charge is 0.261 e. The van der Waals surface area contributed by atoms with Crippen LogP contribution in [-0.2, 0) is 36.1 Å². The molecule has 228 valence electrons. The Kier molecular flexibility index (Phi) is 8.34. The monoisotopic (exact) mass is 586 g/mol. The maximum Gasteiger partial charge on any atom is 0.261 e. The lowest BCUT2D eigenvalue weighted by molar-refractivity contribution is -0.137. The number of anilines is 2. The first-order valence-electron chi connectivity index (χ1n) is 14.9. The highest BCUT2D eigenvalue weighted by molar-refractivity contribution is 6.19. The summed E-state index contributed by atoms with van der Waals surface area (Å²) in [5.41, 5.74) is 5.13. The van der Waals surface area contributed by atoms with Crippen molar-refractivity contribution in [3.8, 4) is 0 Å². The van der Waals surface area contributed by atoms with Gasteiger partial charge in [0.05, 0.1) is 34.4 Å². The lowest BCUT2D eigenvalue weighted by Crippen LogP contribution is -2.47. The second-order valence-electron chi connectivity index (χ2n) is 12.1. The molecule has 10 nitrogen and oxygen atoms in total. The van der Waals surface area contributed by atoms with Crippen molar-refractivity contribution in [3.63, 3.8) is 0 Å². The van der Waals surface area contributed by atoms with Crippen molar-refractivity contribution in [2.75, 3.05) is 36.5 Å². The van der Waals surface area contributed by atoms with Gasteiger partial charge in [-0.25, -0.2) is 0 Å². The van der Waals surface area contributed by atoms with Crippen molar-refractivity contribution < 1.29 is 14.0 Å². The van der Waals surface area contributed by atoms with Crippen LogP contribution in [0.2, 0.25) is 0 Å². The second kappa shape index (κ2) is 11.8. The van der Waals surface area contributed by atoms with Gasteiger partial charge in [-0.15, -0.1) is 0 Å². The molecule has 10 heteroatoms. The Balaban J connectivity index is 1.33. The molecule has 1 aromatic carbocycles. The number of carbonyl (C=O) groups excluding carboxylic acids is 2. The Morgan fingerprint density at radius 2 is 1.74 bits per heavy atom. The summed E-state index contributed by atoms with van der Waals surface area (Å²) in [4.78, 5) is 45.2. The first-order valence-corrected chi connectivity index (χ1v) is 14.9. The fourth-order valence-corrected chi connectivity index (χ4v) is 6.12. The number of aryl methyl sites for hydroxylation is 4. The maximum atomic E-state index is 13.2. The maximum absolute atomic E-state index is 13.2. The van der Waals surface area contributed by atoms with E-state index in [0.29, 0.717) is 37.1 Å². The molecular weight excluding hydrogens is 544 g/mol. The molecular formula is C33H42N6O4. The van der Waals surface area contributed by atoms with Gasteiger partial charge in [0.15, 0.2) is 0 Å². The van der Waals surface area contributed by atoms with E-state index in [1.807, 2.05) is 50.8 Å². The van der Waals surface area contributed by atoms with Gasteiger partial charge in [-0.05, 0) is 83.8 Å². The number of carbonyl (C=O) groups is 2. The van der Waals surface area contributed by atoms with Crippen LogP contribution in [0.5, 0.6) is 0 Å². The van der Waals surface area contributed by atoms with Gasteiger partial charge in [-0.2, -0.15) is 5.10 Å². The lowest BCUT2D eigenvalue weighted by atomic mass is 9.90. The zero-order valence-electron chi connectivity index (χ0n) is 26.3. The van der Waals surface area contributed by atoms with Crippen molar-refractivity contribution in [2.24, 2.45) is 12.5 Å². The number of benzene rings is 1. The van der Waals surface area contributed by atoms with E-state index in [0.717, 1.165) is 53.3 Å². The predicted octanol–water partition coefficient (Wildman–Crippen LogP) is 4.44. The van der Waals surface area contributed by atoms with Crippen LogP contribution >= 0.6 is 0 Å². The van der Waals surface area contributed by atoms with Crippen molar-refractivity contribution in [2.45, 2.75) is 60.5 Å². The van der Waals surface area contributed by atoms with Gasteiger partial charge in [0.2, 0.25) is 11.8 Å². The number of pyridine rings is 1. The van der Waals surface area contributed by atoms with E-state index in [4.69, 9.17) is 4.42 Å². The minimum absolute atomic E-state index is 0.0443. The number of aromatic nitrogens is 3. The second-order valence-corrected chi connectivity index (χ2v) is 12.1. The Hall–Kier alpha value is -4.18. The molecule has 0 N–H and O–H groups in total. The van der Waals surface area contributed by atoms with Crippen LogP contribution in [0.15, 0.2) is 52.0 Å². The number of amides is 2. The summed E-state index contributed by atoms with van der Waals surface area (Å²) in [5.74, 6) is -0.385. The first kappa shape index (κ1) is 30.3. The summed E-state index contributed by atoms with van der Waals surface area (Å²) < 4.78 is 9.20. The zero-order chi connectivity index (χ0) is 31.1. The normalized spacial score (nSPS) is 15.1. The predicted molar refractivity (Wildman–Crippen MR) is 168 cm³/mol. The number of fused-ring (bicyclic) bond motifs is 2. The molecule has 43 heavy (non-hydrogen) atoms. The van der Waals surface area contributed by atoms with Gasteiger partial charge >= 0.3 is 0 Å². The molecule has 4 heterocycles. The summed E-state index contributed by atoms with van der Waals surface area (Å²) in [7, 11) is 3.71. The molecule has 0 radical (unpaired) electrons. The molecule has 2 amide bonds. The standard InChI is InChI=1S/C33H42N6O4/c1-8-39-27-12-11-24(19-28(27)35(6)31(41)33(4,5)32(39)42)10-9-14-37(21-25-18-23(3)34-36(25)7)15-16-38-20-22(2)29-26(30(38)40)13-17-43-29/h11-13,17-20H,8-10,14-16,21H2,1-7H3. The summed E-state index contributed by atoms with van der Waals surface area (Å²) in [6.45, 7) is 12.5. The molecule has 1 aliphatic rings.